The molecule has 0 saturated heterocycles. The Balaban J connectivity index is 2.21. The number of amides is 1. The summed E-state index contributed by atoms with van der Waals surface area (Å²) in [6.07, 6.45) is 0.777. The summed E-state index contributed by atoms with van der Waals surface area (Å²) in [4.78, 5) is 36.0. The maximum Gasteiger partial charge on any atom is 0.350 e. The Morgan fingerprint density at radius 1 is 1.22 bits per heavy atom. The van der Waals surface area contributed by atoms with Crippen molar-refractivity contribution in [1.29, 1.82) is 0 Å². The number of esters is 1. The minimum Gasteiger partial charge on any atom is -0.481 e. The number of rotatable bonds is 4. The van der Waals surface area contributed by atoms with Crippen LogP contribution in [0.15, 0.2) is 22.6 Å². The summed E-state index contributed by atoms with van der Waals surface area (Å²) in [6, 6.07) is 1.61. The topological polar surface area (TPSA) is 92.7 Å². The number of ether oxygens (including phenoxy) is 1. The van der Waals surface area contributed by atoms with Crippen LogP contribution in [0, 0.1) is 11.8 Å². The molecule has 23 heavy (non-hydrogen) atoms. The van der Waals surface area contributed by atoms with E-state index in [1.165, 1.54) is 7.11 Å². The van der Waals surface area contributed by atoms with E-state index in [-0.39, 0.29) is 5.91 Å². The van der Waals surface area contributed by atoms with E-state index in [4.69, 9.17) is 0 Å². The Kier molecular flexibility index (Phi) is 5.20. The lowest BCUT2D eigenvalue weighted by molar-refractivity contribution is -0.146. The molecule has 1 aromatic rings. The fourth-order valence-corrected chi connectivity index (χ4v) is 3.48. The van der Waals surface area contributed by atoms with Gasteiger partial charge in [-0.15, -0.1) is 11.3 Å². The van der Waals surface area contributed by atoms with Crippen molar-refractivity contribution in [3.05, 3.63) is 27.5 Å². The summed E-state index contributed by atoms with van der Waals surface area (Å²) in [5.74, 6) is -3.29. The van der Waals surface area contributed by atoms with Gasteiger partial charge in [0.25, 0.3) is 0 Å². The van der Waals surface area contributed by atoms with Gasteiger partial charge in [-0.2, -0.15) is 0 Å². The predicted molar refractivity (Wildman–Crippen MR) is 86.5 cm³/mol. The van der Waals surface area contributed by atoms with Gasteiger partial charge in [-0.3, -0.25) is 9.59 Å². The van der Waals surface area contributed by atoms with Crippen molar-refractivity contribution < 1.29 is 24.2 Å². The van der Waals surface area contributed by atoms with Crippen molar-refractivity contribution in [1.82, 2.24) is 0 Å². The van der Waals surface area contributed by atoms with Gasteiger partial charge in [-0.1, -0.05) is 11.1 Å². The number of aliphatic carboxylic acids is 1. The van der Waals surface area contributed by atoms with Crippen molar-refractivity contribution in [2.45, 2.75) is 26.7 Å². The Morgan fingerprint density at radius 3 is 2.39 bits per heavy atom. The van der Waals surface area contributed by atoms with Crippen molar-refractivity contribution in [3.63, 3.8) is 0 Å². The number of carbonyl (C=O) groups is 3. The smallest absolute Gasteiger partial charge is 0.350 e. The molecule has 1 aliphatic carbocycles. The molecule has 0 aromatic carbocycles. The van der Waals surface area contributed by atoms with Gasteiger partial charge >= 0.3 is 11.9 Å². The molecule has 0 fully saturated rings. The summed E-state index contributed by atoms with van der Waals surface area (Å²) in [7, 11) is 1.27. The second-order valence-electron chi connectivity index (χ2n) is 5.66. The van der Waals surface area contributed by atoms with Gasteiger partial charge in [-0.25, -0.2) is 4.79 Å². The minimum atomic E-state index is -0.976. The Hall–Kier alpha value is -2.15. The molecule has 1 heterocycles. The van der Waals surface area contributed by atoms with E-state index in [0.717, 1.165) is 22.5 Å². The zero-order valence-corrected chi connectivity index (χ0v) is 14.0. The molecule has 1 aromatic heterocycles. The average molecular weight is 337 g/mol. The number of thiophene rings is 1. The van der Waals surface area contributed by atoms with E-state index in [1.807, 2.05) is 13.8 Å². The summed E-state index contributed by atoms with van der Waals surface area (Å²) in [5, 5.41) is 13.7. The number of hydrogen-bond acceptors (Lipinski definition) is 5. The SMILES string of the molecule is COC(=O)c1sccc1NC(=O)[C@@H]1CC(C)=C(C)C[C@@H]1C(=O)O. The number of nitrogens with one attached hydrogen (secondary N) is 1. The first-order valence-electron chi connectivity index (χ1n) is 7.19. The van der Waals surface area contributed by atoms with Crippen LogP contribution in [0.25, 0.3) is 0 Å². The zero-order valence-electron chi connectivity index (χ0n) is 13.2. The van der Waals surface area contributed by atoms with Gasteiger partial charge in [0, 0.05) is 0 Å². The highest BCUT2D eigenvalue weighted by atomic mass is 32.1. The molecule has 2 atom stereocenters. The number of carboxylic acid groups (broad SMARTS) is 1. The standard InChI is InChI=1S/C16H19NO5S/c1-8-6-10(11(15(19)20)7-9(8)2)14(18)17-12-4-5-23-13(12)16(21)22-3/h4-5,10-11H,6-7H2,1-3H3,(H,17,18)(H,19,20)/t10-,11+/m1/s1. The molecular formula is C16H19NO5S. The molecule has 0 spiro atoms. The number of carboxylic acids is 1. The maximum absolute atomic E-state index is 12.6. The third-order valence-electron chi connectivity index (χ3n) is 4.21. The second kappa shape index (κ2) is 6.95. The van der Waals surface area contributed by atoms with Crippen molar-refractivity contribution in [3.8, 4) is 0 Å². The molecule has 0 unspecified atom stereocenters. The van der Waals surface area contributed by atoms with Gasteiger partial charge in [-0.05, 0) is 38.1 Å². The molecule has 1 amide bonds. The summed E-state index contributed by atoms with van der Waals surface area (Å²) in [5.41, 5.74) is 2.42. The van der Waals surface area contributed by atoms with E-state index >= 15 is 0 Å². The van der Waals surface area contributed by atoms with E-state index in [9.17, 15) is 19.5 Å². The molecule has 2 N–H and O–H groups in total. The molecule has 2 rings (SSSR count). The van der Waals surface area contributed by atoms with E-state index in [1.54, 1.807) is 11.4 Å². The van der Waals surface area contributed by atoms with E-state index in [0.29, 0.717) is 23.4 Å². The van der Waals surface area contributed by atoms with Crippen molar-refractivity contribution in [2.24, 2.45) is 11.8 Å². The van der Waals surface area contributed by atoms with Crippen LogP contribution in [0.1, 0.15) is 36.4 Å². The zero-order chi connectivity index (χ0) is 17.1. The summed E-state index contributed by atoms with van der Waals surface area (Å²) >= 11 is 1.16. The quantitative estimate of drug-likeness (QED) is 0.651. The normalized spacial score (nSPS) is 21.0. The summed E-state index contributed by atoms with van der Waals surface area (Å²) in [6.45, 7) is 3.81. The Morgan fingerprint density at radius 2 is 1.83 bits per heavy atom. The first kappa shape index (κ1) is 17.2. The number of allylic oxidation sites excluding steroid dienone is 2. The lowest BCUT2D eigenvalue weighted by atomic mass is 9.76. The highest BCUT2D eigenvalue weighted by Gasteiger charge is 2.37. The highest BCUT2D eigenvalue weighted by molar-refractivity contribution is 7.12. The van der Waals surface area contributed by atoms with Crippen LogP contribution in [-0.2, 0) is 14.3 Å². The van der Waals surface area contributed by atoms with Crippen molar-refractivity contribution in [2.75, 3.05) is 12.4 Å². The molecule has 6 nitrogen and oxygen atoms in total. The molecule has 0 saturated carbocycles. The third kappa shape index (κ3) is 3.61. The van der Waals surface area contributed by atoms with Gasteiger partial charge in [0.05, 0.1) is 24.6 Å². The van der Waals surface area contributed by atoms with Crippen LogP contribution in [0.4, 0.5) is 5.69 Å². The van der Waals surface area contributed by atoms with Gasteiger partial charge in [0.1, 0.15) is 4.88 Å². The monoisotopic (exact) mass is 337 g/mol. The molecule has 0 radical (unpaired) electrons. The van der Waals surface area contributed by atoms with E-state index in [2.05, 4.69) is 10.1 Å². The van der Waals surface area contributed by atoms with Crippen LogP contribution in [0.5, 0.6) is 0 Å². The number of anilines is 1. The van der Waals surface area contributed by atoms with Crippen LogP contribution >= 0.6 is 11.3 Å². The van der Waals surface area contributed by atoms with Crippen molar-refractivity contribution >= 4 is 34.9 Å². The predicted octanol–water partition coefficient (Wildman–Crippen LogP) is 2.92. The second-order valence-corrected chi connectivity index (χ2v) is 6.58. The number of hydrogen-bond donors (Lipinski definition) is 2. The maximum atomic E-state index is 12.6. The van der Waals surface area contributed by atoms with Gasteiger partial charge in [0.2, 0.25) is 5.91 Å². The molecule has 0 aliphatic heterocycles. The third-order valence-corrected chi connectivity index (χ3v) is 5.11. The fraction of sp³-hybridized carbons (Fsp3) is 0.438. The molecule has 0 bridgehead atoms. The van der Waals surface area contributed by atoms with Crippen LogP contribution in [-0.4, -0.2) is 30.1 Å². The van der Waals surface area contributed by atoms with Gasteiger partial charge in [0.15, 0.2) is 0 Å². The first-order chi connectivity index (χ1) is 10.8. The fourth-order valence-electron chi connectivity index (χ4n) is 2.71. The minimum absolute atomic E-state index is 0.298. The van der Waals surface area contributed by atoms with Crippen LogP contribution < -0.4 is 5.32 Å². The molecule has 124 valence electrons. The Labute approximate surface area is 138 Å². The molecular weight excluding hydrogens is 318 g/mol. The first-order valence-corrected chi connectivity index (χ1v) is 8.07. The molecule has 7 heteroatoms. The van der Waals surface area contributed by atoms with Gasteiger partial charge < -0.3 is 15.2 Å². The lowest BCUT2D eigenvalue weighted by Gasteiger charge is -2.29. The number of methoxy groups -OCH3 is 1. The number of carbonyl (C=O) groups excluding carboxylic acids is 2. The van der Waals surface area contributed by atoms with Crippen LogP contribution in [0.2, 0.25) is 0 Å². The lowest BCUT2D eigenvalue weighted by Crippen LogP contribution is -2.36. The largest absolute Gasteiger partial charge is 0.481 e. The van der Waals surface area contributed by atoms with Crippen LogP contribution in [0.3, 0.4) is 0 Å². The molecule has 1 aliphatic rings. The average Bonchev–Trinajstić information content (AvgIpc) is 2.96. The van der Waals surface area contributed by atoms with E-state index < -0.39 is 23.8 Å². The highest BCUT2D eigenvalue weighted by Crippen LogP contribution is 2.35. The summed E-state index contributed by atoms with van der Waals surface area (Å²) < 4.78 is 4.67. The Bertz CT molecular complexity index is 676.